The molecule has 2 heteroatoms. The minimum absolute atomic E-state index is 0.300. The summed E-state index contributed by atoms with van der Waals surface area (Å²) in [5, 5.41) is 2.56. The SMILES string of the molecule is Brc1c2c(c(Br)c3ccccc13)C(C1c3ccccc3-c3ccccc31)C2C1c2ccccc2-c2ccccc21. The summed E-state index contributed by atoms with van der Waals surface area (Å²) < 4.78 is 2.51. The quantitative estimate of drug-likeness (QED) is 0.177. The van der Waals surface area contributed by atoms with Gasteiger partial charge in [-0.05, 0) is 98.3 Å². The Morgan fingerprint density at radius 2 is 0.625 bits per heavy atom. The molecule has 0 aliphatic heterocycles. The van der Waals surface area contributed by atoms with Gasteiger partial charge in [-0.3, -0.25) is 0 Å². The van der Waals surface area contributed by atoms with Crippen LogP contribution >= 0.6 is 31.9 Å². The first-order valence-electron chi connectivity index (χ1n) is 14.0. The summed E-state index contributed by atoms with van der Waals surface area (Å²) in [5.41, 5.74) is 14.3. The molecule has 190 valence electrons. The molecule has 9 rings (SSSR count). The summed E-state index contributed by atoms with van der Waals surface area (Å²) in [6.45, 7) is 0. The Kier molecular flexibility index (Phi) is 4.96. The van der Waals surface area contributed by atoms with Gasteiger partial charge >= 0.3 is 0 Å². The average molecular weight is 640 g/mol. The molecule has 0 amide bonds. The fourth-order valence-corrected chi connectivity index (χ4v) is 9.87. The summed E-state index contributed by atoms with van der Waals surface area (Å²) in [6, 6.07) is 45.2. The monoisotopic (exact) mass is 638 g/mol. The molecule has 0 N–H and O–H groups in total. The standard InChI is InChI=1S/C38H24Br2/c39-37-29-19-9-10-20-30(29)38(40)36-34(32-27-17-7-3-13-23(27)24-14-4-8-18-28(24)32)33(35(36)37)31-25-15-5-1-11-21(25)22-12-2-6-16-26(22)31/h1-20,31-34H. The van der Waals surface area contributed by atoms with Crippen molar-refractivity contribution >= 4 is 42.6 Å². The maximum absolute atomic E-state index is 4.16. The van der Waals surface area contributed by atoms with Crippen molar-refractivity contribution in [1.29, 1.82) is 0 Å². The highest BCUT2D eigenvalue weighted by molar-refractivity contribution is 9.11. The van der Waals surface area contributed by atoms with Crippen LogP contribution in [0.15, 0.2) is 130 Å². The second-order valence-corrected chi connectivity index (χ2v) is 12.9. The summed E-state index contributed by atoms with van der Waals surface area (Å²) >= 11 is 8.33. The largest absolute Gasteiger partial charge is 0.0619 e. The average Bonchev–Trinajstić information content (AvgIpc) is 3.50. The number of hydrogen-bond donors (Lipinski definition) is 0. The van der Waals surface area contributed by atoms with Gasteiger partial charge in [-0.25, -0.2) is 0 Å². The molecule has 0 saturated carbocycles. The van der Waals surface area contributed by atoms with Crippen molar-refractivity contribution in [1.82, 2.24) is 0 Å². The molecule has 3 aliphatic rings. The minimum atomic E-state index is 0.300. The van der Waals surface area contributed by atoms with Crippen LogP contribution in [-0.2, 0) is 0 Å². The first-order chi connectivity index (χ1) is 19.7. The molecule has 2 unspecified atom stereocenters. The van der Waals surface area contributed by atoms with E-state index in [1.807, 2.05) is 0 Å². The molecular formula is C38H24Br2. The number of fused-ring (bicyclic) bond motifs is 8. The number of halogens is 2. The van der Waals surface area contributed by atoms with Gasteiger partial charge in [-0.1, -0.05) is 121 Å². The second kappa shape index (κ2) is 8.52. The van der Waals surface area contributed by atoms with Crippen LogP contribution in [0.4, 0.5) is 0 Å². The van der Waals surface area contributed by atoms with Crippen LogP contribution in [0, 0.1) is 0 Å². The van der Waals surface area contributed by atoms with Gasteiger partial charge in [-0.15, -0.1) is 0 Å². The van der Waals surface area contributed by atoms with Crippen molar-refractivity contribution in [3.63, 3.8) is 0 Å². The van der Waals surface area contributed by atoms with E-state index in [9.17, 15) is 0 Å². The van der Waals surface area contributed by atoms with Crippen molar-refractivity contribution in [3.8, 4) is 22.3 Å². The number of rotatable bonds is 2. The maximum Gasteiger partial charge on any atom is 0.0292 e. The fourth-order valence-electron chi connectivity index (χ4n) is 8.22. The lowest BCUT2D eigenvalue weighted by Crippen LogP contribution is -2.34. The highest BCUT2D eigenvalue weighted by Crippen LogP contribution is 2.70. The zero-order valence-electron chi connectivity index (χ0n) is 21.6. The lowest BCUT2D eigenvalue weighted by atomic mass is 9.55. The Morgan fingerprint density at radius 3 is 0.950 bits per heavy atom. The van der Waals surface area contributed by atoms with Crippen LogP contribution in [-0.4, -0.2) is 0 Å². The van der Waals surface area contributed by atoms with E-state index in [2.05, 4.69) is 153 Å². The fraction of sp³-hybridized carbons (Fsp3) is 0.105. The zero-order valence-corrected chi connectivity index (χ0v) is 24.8. The van der Waals surface area contributed by atoms with E-state index in [1.54, 1.807) is 0 Å². The lowest BCUT2D eigenvalue weighted by Gasteiger charge is -2.49. The molecule has 40 heavy (non-hydrogen) atoms. The summed E-state index contributed by atoms with van der Waals surface area (Å²) in [6.07, 6.45) is 0. The maximum atomic E-state index is 4.16. The summed E-state index contributed by atoms with van der Waals surface area (Å²) in [4.78, 5) is 0. The Morgan fingerprint density at radius 1 is 0.350 bits per heavy atom. The molecule has 0 bridgehead atoms. The van der Waals surface area contributed by atoms with Crippen LogP contribution in [0.2, 0.25) is 0 Å². The third-order valence-corrected chi connectivity index (χ3v) is 11.4. The van der Waals surface area contributed by atoms with Gasteiger partial charge in [0.2, 0.25) is 0 Å². The van der Waals surface area contributed by atoms with Gasteiger partial charge in [0.1, 0.15) is 0 Å². The van der Waals surface area contributed by atoms with Gasteiger partial charge in [0, 0.05) is 32.6 Å². The third-order valence-electron chi connectivity index (χ3n) is 9.70. The van der Waals surface area contributed by atoms with Crippen molar-refractivity contribution < 1.29 is 0 Å². The molecular weight excluding hydrogens is 616 g/mol. The van der Waals surface area contributed by atoms with Crippen LogP contribution < -0.4 is 0 Å². The van der Waals surface area contributed by atoms with Crippen molar-refractivity contribution in [2.75, 3.05) is 0 Å². The van der Waals surface area contributed by atoms with E-state index in [0.29, 0.717) is 23.7 Å². The van der Waals surface area contributed by atoms with Crippen molar-refractivity contribution in [2.24, 2.45) is 0 Å². The molecule has 0 fully saturated rings. The van der Waals surface area contributed by atoms with Gasteiger partial charge < -0.3 is 0 Å². The highest BCUT2D eigenvalue weighted by atomic mass is 79.9. The minimum Gasteiger partial charge on any atom is -0.0619 e. The predicted octanol–water partition coefficient (Wildman–Crippen LogP) is 11.2. The van der Waals surface area contributed by atoms with E-state index < -0.39 is 0 Å². The van der Waals surface area contributed by atoms with E-state index in [0.717, 1.165) is 0 Å². The topological polar surface area (TPSA) is 0 Å². The van der Waals surface area contributed by atoms with Crippen molar-refractivity contribution in [2.45, 2.75) is 23.7 Å². The van der Waals surface area contributed by atoms with E-state index in [-0.39, 0.29) is 0 Å². The second-order valence-electron chi connectivity index (χ2n) is 11.4. The molecule has 0 radical (unpaired) electrons. The molecule has 6 aromatic rings. The van der Waals surface area contributed by atoms with Gasteiger partial charge in [0.15, 0.2) is 0 Å². The van der Waals surface area contributed by atoms with Crippen molar-refractivity contribution in [3.05, 3.63) is 164 Å². The highest BCUT2D eigenvalue weighted by Gasteiger charge is 2.54. The first-order valence-corrected chi connectivity index (χ1v) is 15.6. The summed E-state index contributed by atoms with van der Waals surface area (Å²) in [5.74, 6) is 1.27. The van der Waals surface area contributed by atoms with Gasteiger partial charge in [-0.2, -0.15) is 0 Å². The molecule has 0 heterocycles. The molecule has 0 nitrogen and oxygen atoms in total. The van der Waals surface area contributed by atoms with Gasteiger partial charge in [0.05, 0.1) is 0 Å². The van der Waals surface area contributed by atoms with Crippen LogP contribution in [0.3, 0.4) is 0 Å². The Hall–Kier alpha value is -3.46. The van der Waals surface area contributed by atoms with Gasteiger partial charge in [0.25, 0.3) is 0 Å². The smallest absolute Gasteiger partial charge is 0.0292 e. The lowest BCUT2D eigenvalue weighted by molar-refractivity contribution is 0.398. The normalized spacial score (nSPS) is 18.6. The predicted molar refractivity (Wildman–Crippen MR) is 172 cm³/mol. The number of hydrogen-bond acceptors (Lipinski definition) is 0. The van der Waals surface area contributed by atoms with Crippen LogP contribution in [0.1, 0.15) is 57.1 Å². The first kappa shape index (κ1) is 23.3. The molecule has 3 aliphatic carbocycles. The Labute approximate surface area is 251 Å². The van der Waals surface area contributed by atoms with Crippen LogP contribution in [0.25, 0.3) is 33.0 Å². The molecule has 6 aromatic carbocycles. The van der Waals surface area contributed by atoms with E-state index in [1.165, 1.54) is 75.4 Å². The van der Waals surface area contributed by atoms with Crippen LogP contribution in [0.5, 0.6) is 0 Å². The molecule has 0 aromatic heterocycles. The Bertz CT molecular complexity index is 1780. The summed E-state index contributed by atoms with van der Waals surface area (Å²) in [7, 11) is 0. The Balaban J connectivity index is 1.37. The zero-order chi connectivity index (χ0) is 26.5. The van der Waals surface area contributed by atoms with E-state index >= 15 is 0 Å². The molecule has 2 atom stereocenters. The third kappa shape index (κ3) is 2.91. The number of benzene rings is 6. The van der Waals surface area contributed by atoms with E-state index in [4.69, 9.17) is 0 Å². The molecule has 0 saturated heterocycles. The molecule has 0 spiro atoms.